The zero-order chi connectivity index (χ0) is 23.0. The van der Waals surface area contributed by atoms with Crippen LogP contribution in [-0.2, 0) is 22.4 Å². The molecule has 0 aromatic heterocycles. The standard InChI is InChI=1S/C28H30N2O3/c1-33-26-14-8-7-13-25(26)24-12-6-5-11-22(24)19-23-20-30(18-17-29-28(23)32)27(31)16-15-21-9-3-2-4-10-21/h2-14,23H,15-20H2,1H3,(H,29,32). The van der Waals surface area contributed by atoms with Crippen molar-refractivity contribution in [3.63, 3.8) is 0 Å². The quantitative estimate of drug-likeness (QED) is 0.599. The number of hydrogen-bond acceptors (Lipinski definition) is 3. The first-order valence-electron chi connectivity index (χ1n) is 11.5. The maximum atomic E-state index is 13.0. The normalized spacial score (nSPS) is 16.1. The van der Waals surface area contributed by atoms with Gasteiger partial charge in [0.2, 0.25) is 11.8 Å². The first-order chi connectivity index (χ1) is 16.2. The van der Waals surface area contributed by atoms with Gasteiger partial charge in [0.25, 0.3) is 0 Å². The maximum absolute atomic E-state index is 13.0. The van der Waals surface area contributed by atoms with Crippen LogP contribution in [0.5, 0.6) is 5.75 Å². The highest BCUT2D eigenvalue weighted by atomic mass is 16.5. The van der Waals surface area contributed by atoms with Gasteiger partial charge in [-0.05, 0) is 35.6 Å². The lowest BCUT2D eigenvalue weighted by Gasteiger charge is -2.24. The van der Waals surface area contributed by atoms with Gasteiger partial charge in [-0.1, -0.05) is 72.8 Å². The number of para-hydroxylation sites is 1. The van der Waals surface area contributed by atoms with Gasteiger partial charge in [0.05, 0.1) is 13.0 Å². The van der Waals surface area contributed by atoms with Crippen molar-refractivity contribution in [2.45, 2.75) is 19.3 Å². The summed E-state index contributed by atoms with van der Waals surface area (Å²) >= 11 is 0. The molecule has 0 spiro atoms. The van der Waals surface area contributed by atoms with E-state index in [1.54, 1.807) is 7.11 Å². The molecule has 1 N–H and O–H groups in total. The molecule has 0 bridgehead atoms. The molecular weight excluding hydrogens is 412 g/mol. The summed E-state index contributed by atoms with van der Waals surface area (Å²) in [6, 6.07) is 26.1. The Bertz CT molecular complexity index is 1100. The molecule has 1 atom stereocenters. The van der Waals surface area contributed by atoms with E-state index in [0.29, 0.717) is 38.9 Å². The van der Waals surface area contributed by atoms with E-state index in [1.807, 2.05) is 71.6 Å². The molecule has 1 saturated heterocycles. The van der Waals surface area contributed by atoms with Gasteiger partial charge in [-0.3, -0.25) is 9.59 Å². The van der Waals surface area contributed by atoms with E-state index in [0.717, 1.165) is 28.0 Å². The summed E-state index contributed by atoms with van der Waals surface area (Å²) in [6.45, 7) is 1.46. The third-order valence-electron chi connectivity index (χ3n) is 6.20. The van der Waals surface area contributed by atoms with E-state index in [4.69, 9.17) is 4.74 Å². The number of carbonyl (C=O) groups excluding carboxylic acids is 2. The van der Waals surface area contributed by atoms with Crippen LogP contribution in [0.3, 0.4) is 0 Å². The van der Waals surface area contributed by atoms with Crippen molar-refractivity contribution < 1.29 is 14.3 Å². The molecule has 1 heterocycles. The lowest BCUT2D eigenvalue weighted by atomic mass is 9.91. The number of aryl methyl sites for hydroxylation is 1. The number of nitrogens with one attached hydrogen (secondary N) is 1. The van der Waals surface area contributed by atoms with Crippen LogP contribution in [0.25, 0.3) is 11.1 Å². The number of ether oxygens (including phenoxy) is 1. The van der Waals surface area contributed by atoms with Crippen LogP contribution in [0.2, 0.25) is 0 Å². The lowest BCUT2D eigenvalue weighted by Crippen LogP contribution is -2.37. The maximum Gasteiger partial charge on any atom is 0.225 e. The van der Waals surface area contributed by atoms with Crippen molar-refractivity contribution in [3.8, 4) is 16.9 Å². The lowest BCUT2D eigenvalue weighted by molar-refractivity contribution is -0.132. The Balaban J connectivity index is 1.50. The number of benzene rings is 3. The molecule has 4 rings (SSSR count). The first kappa shape index (κ1) is 22.6. The number of amides is 2. The van der Waals surface area contributed by atoms with Gasteiger partial charge in [-0.15, -0.1) is 0 Å². The summed E-state index contributed by atoms with van der Waals surface area (Å²) in [5.74, 6) is 0.596. The van der Waals surface area contributed by atoms with Gasteiger partial charge in [0, 0.05) is 31.6 Å². The minimum absolute atomic E-state index is 0.00295. The largest absolute Gasteiger partial charge is 0.496 e. The molecule has 170 valence electrons. The second-order valence-electron chi connectivity index (χ2n) is 8.37. The average Bonchev–Trinajstić information content (AvgIpc) is 3.05. The zero-order valence-electron chi connectivity index (χ0n) is 19.0. The van der Waals surface area contributed by atoms with Crippen LogP contribution < -0.4 is 10.1 Å². The Morgan fingerprint density at radius 2 is 1.67 bits per heavy atom. The van der Waals surface area contributed by atoms with Gasteiger partial charge in [0.1, 0.15) is 5.75 Å². The highest BCUT2D eigenvalue weighted by Crippen LogP contribution is 2.33. The van der Waals surface area contributed by atoms with Crippen LogP contribution in [0.4, 0.5) is 0 Å². The van der Waals surface area contributed by atoms with Gasteiger partial charge in [-0.2, -0.15) is 0 Å². The van der Waals surface area contributed by atoms with Crippen LogP contribution in [0, 0.1) is 5.92 Å². The highest BCUT2D eigenvalue weighted by Gasteiger charge is 2.28. The Kier molecular flexibility index (Phi) is 7.40. The molecule has 1 aliphatic rings. The third kappa shape index (κ3) is 5.61. The predicted molar refractivity (Wildman–Crippen MR) is 130 cm³/mol. The summed E-state index contributed by atoms with van der Waals surface area (Å²) in [6.07, 6.45) is 1.71. The molecule has 1 unspecified atom stereocenters. The highest BCUT2D eigenvalue weighted by molar-refractivity contribution is 5.83. The third-order valence-corrected chi connectivity index (χ3v) is 6.20. The van der Waals surface area contributed by atoms with E-state index in [-0.39, 0.29) is 17.7 Å². The zero-order valence-corrected chi connectivity index (χ0v) is 19.0. The Labute approximate surface area is 195 Å². The van der Waals surface area contributed by atoms with Crippen LogP contribution >= 0.6 is 0 Å². The Morgan fingerprint density at radius 1 is 0.970 bits per heavy atom. The molecular formula is C28H30N2O3. The van der Waals surface area contributed by atoms with Gasteiger partial charge < -0.3 is 15.0 Å². The summed E-state index contributed by atoms with van der Waals surface area (Å²) in [5.41, 5.74) is 4.27. The SMILES string of the molecule is COc1ccccc1-c1ccccc1CC1CN(C(=O)CCc2ccccc2)CCNC1=O. The summed E-state index contributed by atoms with van der Waals surface area (Å²) < 4.78 is 5.57. The predicted octanol–water partition coefficient (Wildman–Crippen LogP) is 4.11. The summed E-state index contributed by atoms with van der Waals surface area (Å²) in [4.78, 5) is 27.7. The van der Waals surface area contributed by atoms with E-state index >= 15 is 0 Å². The van der Waals surface area contributed by atoms with E-state index in [9.17, 15) is 9.59 Å². The van der Waals surface area contributed by atoms with Gasteiger partial charge in [0.15, 0.2) is 0 Å². The van der Waals surface area contributed by atoms with E-state index in [2.05, 4.69) is 17.4 Å². The topological polar surface area (TPSA) is 58.6 Å². The summed E-state index contributed by atoms with van der Waals surface area (Å²) in [7, 11) is 1.67. The molecule has 2 amide bonds. The first-order valence-corrected chi connectivity index (χ1v) is 11.5. The average molecular weight is 443 g/mol. The molecule has 0 saturated carbocycles. The van der Waals surface area contributed by atoms with Crippen LogP contribution in [0.15, 0.2) is 78.9 Å². The molecule has 0 aliphatic carbocycles. The van der Waals surface area contributed by atoms with Crippen molar-refractivity contribution in [2.24, 2.45) is 5.92 Å². The number of carbonyl (C=O) groups is 2. The molecule has 1 fully saturated rings. The summed E-state index contributed by atoms with van der Waals surface area (Å²) in [5, 5.41) is 3.00. The van der Waals surface area contributed by atoms with E-state index < -0.39 is 0 Å². The van der Waals surface area contributed by atoms with Gasteiger partial charge >= 0.3 is 0 Å². The number of nitrogens with zero attached hydrogens (tertiary/aromatic N) is 1. The number of hydrogen-bond donors (Lipinski definition) is 1. The fraction of sp³-hybridized carbons (Fsp3) is 0.286. The van der Waals surface area contributed by atoms with Crippen LogP contribution in [0.1, 0.15) is 17.5 Å². The minimum atomic E-state index is -0.302. The Hall–Kier alpha value is -3.60. The smallest absolute Gasteiger partial charge is 0.225 e. The fourth-order valence-electron chi connectivity index (χ4n) is 4.43. The van der Waals surface area contributed by atoms with Gasteiger partial charge in [-0.25, -0.2) is 0 Å². The molecule has 1 aliphatic heterocycles. The molecule has 3 aromatic rings. The number of rotatable bonds is 7. The molecule has 3 aromatic carbocycles. The molecule has 33 heavy (non-hydrogen) atoms. The molecule has 5 nitrogen and oxygen atoms in total. The van der Waals surface area contributed by atoms with Crippen LogP contribution in [-0.4, -0.2) is 43.5 Å². The van der Waals surface area contributed by atoms with Crippen molar-refractivity contribution >= 4 is 11.8 Å². The van der Waals surface area contributed by atoms with Crippen molar-refractivity contribution in [1.82, 2.24) is 10.2 Å². The van der Waals surface area contributed by atoms with Crippen molar-refractivity contribution in [1.29, 1.82) is 0 Å². The van der Waals surface area contributed by atoms with E-state index in [1.165, 1.54) is 0 Å². The monoisotopic (exact) mass is 442 g/mol. The fourth-order valence-corrected chi connectivity index (χ4v) is 4.43. The second kappa shape index (κ2) is 10.8. The minimum Gasteiger partial charge on any atom is -0.496 e. The Morgan fingerprint density at radius 3 is 2.45 bits per heavy atom. The van der Waals surface area contributed by atoms with Crippen molar-refractivity contribution in [3.05, 3.63) is 90.0 Å². The molecule has 0 radical (unpaired) electrons. The second-order valence-corrected chi connectivity index (χ2v) is 8.37. The van der Waals surface area contributed by atoms with Crippen molar-refractivity contribution in [2.75, 3.05) is 26.7 Å². The molecule has 5 heteroatoms. The number of methoxy groups -OCH3 is 1.